The van der Waals surface area contributed by atoms with Crippen LogP contribution in [-0.4, -0.2) is 15.1 Å². The van der Waals surface area contributed by atoms with Crippen molar-refractivity contribution in [3.05, 3.63) is 27.8 Å². The van der Waals surface area contributed by atoms with Crippen molar-refractivity contribution in [2.24, 2.45) is 0 Å². The minimum absolute atomic E-state index is 0.228. The number of hydrogen-bond donors (Lipinski definition) is 0. The maximum Gasteiger partial charge on any atom is 0.239 e. The zero-order valence-corrected chi connectivity index (χ0v) is 13.5. The highest BCUT2D eigenvalue weighted by Crippen LogP contribution is 2.39. The van der Waals surface area contributed by atoms with Gasteiger partial charge < -0.3 is 4.52 Å². The third-order valence-electron chi connectivity index (χ3n) is 3.29. The molecule has 6 heteroatoms. The van der Waals surface area contributed by atoms with Crippen LogP contribution >= 0.6 is 23.1 Å². The Bertz CT molecular complexity index is 562. The topological polar surface area (TPSA) is 51.8 Å². The first-order valence-corrected chi connectivity index (χ1v) is 9.07. The maximum atomic E-state index is 5.36. The molecule has 0 aliphatic heterocycles. The average Bonchev–Trinajstić information content (AvgIpc) is 3.01. The van der Waals surface area contributed by atoms with Crippen molar-refractivity contribution in [1.82, 2.24) is 15.1 Å². The van der Waals surface area contributed by atoms with Gasteiger partial charge >= 0.3 is 0 Å². The summed E-state index contributed by atoms with van der Waals surface area (Å²) in [6, 6.07) is 0. The van der Waals surface area contributed by atoms with Crippen molar-refractivity contribution < 1.29 is 4.52 Å². The van der Waals surface area contributed by atoms with Gasteiger partial charge in [0.1, 0.15) is 0 Å². The van der Waals surface area contributed by atoms with Gasteiger partial charge in [0, 0.05) is 17.1 Å². The van der Waals surface area contributed by atoms with Crippen LogP contribution in [0, 0.1) is 0 Å². The van der Waals surface area contributed by atoms with Crippen LogP contribution in [0.1, 0.15) is 66.7 Å². The average molecular weight is 309 g/mol. The fourth-order valence-corrected chi connectivity index (χ4v) is 3.76. The molecule has 1 fully saturated rings. The Hall–Kier alpha value is -0.880. The number of hydrogen-bond acceptors (Lipinski definition) is 6. The fourth-order valence-electron chi connectivity index (χ4n) is 1.95. The molecule has 4 nitrogen and oxygen atoms in total. The number of thioether (sulfide) groups is 1. The molecular formula is C14H19N3OS2. The minimum atomic E-state index is 0.228. The second-order valence-electron chi connectivity index (χ2n) is 5.20. The normalized spacial score (nSPS) is 16.5. The zero-order valence-electron chi connectivity index (χ0n) is 11.8. The first kappa shape index (κ1) is 14.1. The zero-order chi connectivity index (χ0) is 13.9. The Balaban J connectivity index is 1.53. The van der Waals surface area contributed by atoms with Gasteiger partial charge in [0.25, 0.3) is 0 Å². The molecule has 0 spiro atoms. The highest BCUT2D eigenvalue weighted by atomic mass is 32.2. The Morgan fingerprint density at radius 1 is 1.45 bits per heavy atom. The SMILES string of the molecule is CCCc1nc(CSC(C)c2nc(C3CC3)no2)cs1. The molecule has 0 saturated heterocycles. The van der Waals surface area contributed by atoms with Crippen molar-refractivity contribution >= 4 is 23.1 Å². The van der Waals surface area contributed by atoms with Gasteiger partial charge in [0.15, 0.2) is 5.82 Å². The molecule has 20 heavy (non-hydrogen) atoms. The van der Waals surface area contributed by atoms with Crippen molar-refractivity contribution in [3.8, 4) is 0 Å². The van der Waals surface area contributed by atoms with E-state index in [1.165, 1.54) is 17.8 Å². The Kier molecular flexibility index (Phi) is 4.41. The maximum absolute atomic E-state index is 5.36. The van der Waals surface area contributed by atoms with Gasteiger partial charge in [0.05, 0.1) is 16.0 Å². The summed E-state index contributed by atoms with van der Waals surface area (Å²) in [4.78, 5) is 9.14. The molecule has 3 rings (SSSR count). The molecule has 0 amide bonds. The molecule has 2 aromatic rings. The summed E-state index contributed by atoms with van der Waals surface area (Å²) >= 11 is 3.57. The van der Waals surface area contributed by atoms with E-state index in [1.54, 1.807) is 11.3 Å². The van der Waals surface area contributed by atoms with Gasteiger partial charge in [-0.25, -0.2) is 4.98 Å². The standard InChI is InChI=1S/C14H19N3OS2/c1-3-4-12-15-11(8-20-12)7-19-9(2)14-16-13(17-18-14)10-5-6-10/h8-10H,3-7H2,1-2H3. The van der Waals surface area contributed by atoms with Crippen LogP contribution in [0.25, 0.3) is 0 Å². The monoisotopic (exact) mass is 309 g/mol. The van der Waals surface area contributed by atoms with Crippen molar-refractivity contribution in [2.75, 3.05) is 0 Å². The molecule has 1 unspecified atom stereocenters. The largest absolute Gasteiger partial charge is 0.338 e. The van der Waals surface area contributed by atoms with Crippen molar-refractivity contribution in [2.45, 2.75) is 56.5 Å². The predicted molar refractivity (Wildman–Crippen MR) is 82.1 cm³/mol. The second-order valence-corrected chi connectivity index (χ2v) is 7.47. The fraction of sp³-hybridized carbons (Fsp3) is 0.643. The van der Waals surface area contributed by atoms with Crippen LogP contribution in [0.3, 0.4) is 0 Å². The molecule has 2 heterocycles. The highest BCUT2D eigenvalue weighted by Gasteiger charge is 2.29. The van der Waals surface area contributed by atoms with E-state index in [1.807, 2.05) is 11.8 Å². The molecule has 1 saturated carbocycles. The van der Waals surface area contributed by atoms with Gasteiger partial charge in [-0.2, -0.15) is 4.98 Å². The number of rotatable bonds is 7. The van der Waals surface area contributed by atoms with Crippen LogP contribution in [0.4, 0.5) is 0 Å². The lowest BCUT2D eigenvalue weighted by atomic mass is 10.3. The first-order valence-electron chi connectivity index (χ1n) is 7.14. The molecule has 108 valence electrons. The number of aryl methyl sites for hydroxylation is 1. The summed E-state index contributed by atoms with van der Waals surface area (Å²) in [6.45, 7) is 4.30. The van der Waals surface area contributed by atoms with E-state index in [4.69, 9.17) is 4.52 Å². The van der Waals surface area contributed by atoms with Crippen LogP contribution in [0.5, 0.6) is 0 Å². The molecule has 0 bridgehead atoms. The predicted octanol–water partition coefficient (Wildman–Crippen LogP) is 4.35. The number of thiazole rings is 1. The summed E-state index contributed by atoms with van der Waals surface area (Å²) in [7, 11) is 0. The first-order chi connectivity index (χ1) is 9.76. The van der Waals surface area contributed by atoms with Gasteiger partial charge in [0.2, 0.25) is 5.89 Å². The van der Waals surface area contributed by atoms with Gasteiger partial charge in [-0.05, 0) is 32.6 Å². The van der Waals surface area contributed by atoms with E-state index in [2.05, 4.69) is 34.4 Å². The molecule has 1 aliphatic rings. The van der Waals surface area contributed by atoms with E-state index in [9.17, 15) is 0 Å². The number of nitrogens with zero attached hydrogens (tertiary/aromatic N) is 3. The van der Waals surface area contributed by atoms with E-state index in [-0.39, 0.29) is 5.25 Å². The lowest BCUT2D eigenvalue weighted by Crippen LogP contribution is -1.92. The third kappa shape index (κ3) is 3.41. The second kappa shape index (κ2) is 6.26. The molecule has 0 radical (unpaired) electrons. The smallest absolute Gasteiger partial charge is 0.239 e. The summed E-state index contributed by atoms with van der Waals surface area (Å²) in [6.07, 6.45) is 4.65. The van der Waals surface area contributed by atoms with Crippen LogP contribution in [0.2, 0.25) is 0 Å². The van der Waals surface area contributed by atoms with E-state index in [0.29, 0.717) is 5.92 Å². The third-order valence-corrected chi connectivity index (χ3v) is 5.41. The molecule has 1 aliphatic carbocycles. The van der Waals surface area contributed by atoms with Gasteiger partial charge in [-0.3, -0.25) is 0 Å². The molecule has 0 aromatic carbocycles. The summed E-state index contributed by atoms with van der Waals surface area (Å²) in [5, 5.41) is 7.70. The van der Waals surface area contributed by atoms with E-state index in [0.717, 1.165) is 36.0 Å². The molecule has 0 N–H and O–H groups in total. The lowest BCUT2D eigenvalue weighted by Gasteiger charge is -2.04. The Labute approximate surface area is 127 Å². The Morgan fingerprint density at radius 3 is 3.05 bits per heavy atom. The summed E-state index contributed by atoms with van der Waals surface area (Å²) in [5.41, 5.74) is 1.16. The van der Waals surface area contributed by atoms with Crippen molar-refractivity contribution in [1.29, 1.82) is 0 Å². The lowest BCUT2D eigenvalue weighted by molar-refractivity contribution is 0.375. The summed E-state index contributed by atoms with van der Waals surface area (Å²) < 4.78 is 5.36. The van der Waals surface area contributed by atoms with E-state index < -0.39 is 0 Å². The van der Waals surface area contributed by atoms with Gasteiger partial charge in [-0.1, -0.05) is 12.1 Å². The molecular weight excluding hydrogens is 290 g/mol. The van der Waals surface area contributed by atoms with Crippen molar-refractivity contribution in [3.63, 3.8) is 0 Å². The minimum Gasteiger partial charge on any atom is -0.338 e. The quantitative estimate of drug-likeness (QED) is 0.761. The highest BCUT2D eigenvalue weighted by molar-refractivity contribution is 7.98. The van der Waals surface area contributed by atoms with Gasteiger partial charge in [-0.15, -0.1) is 23.1 Å². The number of aromatic nitrogens is 3. The molecule has 2 aromatic heterocycles. The van der Waals surface area contributed by atoms with Crippen LogP contribution in [-0.2, 0) is 12.2 Å². The van der Waals surface area contributed by atoms with Crippen LogP contribution in [0.15, 0.2) is 9.90 Å². The molecule has 1 atom stereocenters. The summed E-state index contributed by atoms with van der Waals surface area (Å²) in [5.74, 6) is 3.11. The van der Waals surface area contributed by atoms with Crippen LogP contribution < -0.4 is 0 Å². The Morgan fingerprint density at radius 2 is 2.30 bits per heavy atom. The van der Waals surface area contributed by atoms with E-state index >= 15 is 0 Å².